The molecule has 134 valence electrons. The van der Waals surface area contributed by atoms with Crippen molar-refractivity contribution in [2.45, 2.75) is 13.8 Å². The number of benzene rings is 2. The average molecular weight is 351 g/mol. The van der Waals surface area contributed by atoms with Gasteiger partial charge in [-0.15, -0.1) is 0 Å². The van der Waals surface area contributed by atoms with Gasteiger partial charge >= 0.3 is 5.97 Å². The van der Waals surface area contributed by atoms with Crippen LogP contribution in [0.3, 0.4) is 0 Å². The monoisotopic (exact) mass is 351 g/mol. The Bertz CT molecular complexity index is 951. The van der Waals surface area contributed by atoms with Gasteiger partial charge in [-0.2, -0.15) is 0 Å². The molecule has 0 bridgehead atoms. The molecule has 0 aliphatic rings. The molecule has 3 aromatic rings. The van der Waals surface area contributed by atoms with Gasteiger partial charge in [-0.1, -0.05) is 30.3 Å². The Labute approximate surface area is 152 Å². The van der Waals surface area contributed by atoms with Crippen molar-refractivity contribution in [1.29, 1.82) is 0 Å². The normalized spacial score (nSPS) is 10.6. The number of ether oxygens (including phenoxy) is 3. The molecule has 0 saturated heterocycles. The van der Waals surface area contributed by atoms with Crippen molar-refractivity contribution in [1.82, 2.24) is 4.98 Å². The van der Waals surface area contributed by atoms with Gasteiger partial charge in [-0.3, -0.25) is 4.98 Å². The summed E-state index contributed by atoms with van der Waals surface area (Å²) in [5.41, 5.74) is 3.51. The second-order valence-electron chi connectivity index (χ2n) is 5.76. The molecule has 2 aromatic carbocycles. The molecule has 3 rings (SSSR count). The lowest BCUT2D eigenvalue weighted by molar-refractivity contribution is 0.0526. The first-order valence-corrected chi connectivity index (χ1v) is 8.39. The zero-order valence-corrected chi connectivity index (χ0v) is 15.3. The summed E-state index contributed by atoms with van der Waals surface area (Å²) in [4.78, 5) is 17.3. The molecule has 1 aromatic heterocycles. The third-order valence-corrected chi connectivity index (χ3v) is 4.21. The highest BCUT2D eigenvalue weighted by molar-refractivity contribution is 6.08. The van der Waals surface area contributed by atoms with Crippen molar-refractivity contribution < 1.29 is 19.0 Å². The first kappa shape index (κ1) is 17.7. The fourth-order valence-electron chi connectivity index (χ4n) is 3.07. The highest BCUT2D eigenvalue weighted by Gasteiger charge is 2.22. The molecule has 0 fully saturated rings. The van der Waals surface area contributed by atoms with E-state index in [9.17, 15) is 4.79 Å². The SMILES string of the molecule is CCOC(=O)c1c(C)nc2cc(OC)c(OC)cc2c1-c1ccccc1. The Balaban J connectivity index is 2.42. The van der Waals surface area contributed by atoms with Crippen LogP contribution in [0.25, 0.3) is 22.0 Å². The van der Waals surface area contributed by atoms with Crippen molar-refractivity contribution >= 4 is 16.9 Å². The van der Waals surface area contributed by atoms with Crippen molar-refractivity contribution in [2.75, 3.05) is 20.8 Å². The van der Waals surface area contributed by atoms with Gasteiger partial charge in [0.25, 0.3) is 0 Å². The van der Waals surface area contributed by atoms with Crippen molar-refractivity contribution in [3.05, 3.63) is 53.7 Å². The van der Waals surface area contributed by atoms with Gasteiger partial charge in [-0.05, 0) is 25.5 Å². The van der Waals surface area contributed by atoms with E-state index in [0.717, 1.165) is 22.0 Å². The number of nitrogens with zero attached hydrogens (tertiary/aromatic N) is 1. The topological polar surface area (TPSA) is 57.7 Å². The number of esters is 1. The van der Waals surface area contributed by atoms with Gasteiger partial charge in [0.2, 0.25) is 0 Å². The van der Waals surface area contributed by atoms with E-state index in [2.05, 4.69) is 4.98 Å². The number of carbonyl (C=O) groups excluding carboxylic acids is 1. The smallest absolute Gasteiger partial charge is 0.340 e. The largest absolute Gasteiger partial charge is 0.493 e. The highest BCUT2D eigenvalue weighted by Crippen LogP contribution is 2.39. The lowest BCUT2D eigenvalue weighted by Crippen LogP contribution is -2.11. The maximum Gasteiger partial charge on any atom is 0.340 e. The fraction of sp³-hybridized carbons (Fsp3) is 0.238. The van der Waals surface area contributed by atoms with Crippen LogP contribution in [0.15, 0.2) is 42.5 Å². The summed E-state index contributed by atoms with van der Waals surface area (Å²) in [6.45, 7) is 3.91. The molecule has 0 saturated carbocycles. The number of aromatic nitrogens is 1. The van der Waals surface area contributed by atoms with E-state index in [0.29, 0.717) is 29.4 Å². The maximum absolute atomic E-state index is 12.7. The minimum Gasteiger partial charge on any atom is -0.493 e. The first-order chi connectivity index (χ1) is 12.6. The van der Waals surface area contributed by atoms with Gasteiger partial charge in [0.15, 0.2) is 11.5 Å². The van der Waals surface area contributed by atoms with Crippen molar-refractivity contribution in [2.24, 2.45) is 0 Å². The van der Waals surface area contributed by atoms with Crippen LogP contribution in [-0.4, -0.2) is 31.8 Å². The predicted molar refractivity (Wildman–Crippen MR) is 101 cm³/mol. The number of aryl methyl sites for hydroxylation is 1. The molecule has 26 heavy (non-hydrogen) atoms. The minimum atomic E-state index is -0.381. The number of pyridine rings is 1. The number of carbonyl (C=O) groups is 1. The van der Waals surface area contributed by atoms with Crippen LogP contribution in [0.4, 0.5) is 0 Å². The Morgan fingerprint density at radius 3 is 2.31 bits per heavy atom. The molecule has 5 heteroatoms. The lowest BCUT2D eigenvalue weighted by Gasteiger charge is -2.17. The van der Waals surface area contributed by atoms with E-state index >= 15 is 0 Å². The fourth-order valence-corrected chi connectivity index (χ4v) is 3.07. The summed E-state index contributed by atoms with van der Waals surface area (Å²) in [5, 5.41) is 0.808. The van der Waals surface area contributed by atoms with E-state index in [-0.39, 0.29) is 5.97 Å². The average Bonchev–Trinajstić information content (AvgIpc) is 2.66. The molecule has 0 aliphatic carbocycles. The third kappa shape index (κ3) is 3.08. The highest BCUT2D eigenvalue weighted by atomic mass is 16.5. The Hall–Kier alpha value is -3.08. The number of hydrogen-bond donors (Lipinski definition) is 0. The summed E-state index contributed by atoms with van der Waals surface area (Å²) in [7, 11) is 3.17. The Morgan fingerprint density at radius 1 is 1.04 bits per heavy atom. The number of methoxy groups -OCH3 is 2. The molecular weight excluding hydrogens is 330 g/mol. The second kappa shape index (κ2) is 7.44. The van der Waals surface area contributed by atoms with Gasteiger partial charge in [0.05, 0.1) is 37.6 Å². The van der Waals surface area contributed by atoms with Crippen LogP contribution in [0.2, 0.25) is 0 Å². The minimum absolute atomic E-state index is 0.302. The van der Waals surface area contributed by atoms with Gasteiger partial charge in [0, 0.05) is 17.0 Å². The summed E-state index contributed by atoms with van der Waals surface area (Å²) in [6.07, 6.45) is 0. The quantitative estimate of drug-likeness (QED) is 0.638. The molecule has 0 radical (unpaired) electrons. The molecule has 0 spiro atoms. The van der Waals surface area contributed by atoms with E-state index < -0.39 is 0 Å². The van der Waals surface area contributed by atoms with E-state index in [1.807, 2.05) is 49.4 Å². The van der Waals surface area contributed by atoms with Crippen LogP contribution in [0.1, 0.15) is 23.0 Å². The van der Waals surface area contributed by atoms with Crippen molar-refractivity contribution in [3.8, 4) is 22.6 Å². The van der Waals surface area contributed by atoms with E-state index in [4.69, 9.17) is 14.2 Å². The van der Waals surface area contributed by atoms with Crippen LogP contribution in [-0.2, 0) is 4.74 Å². The molecule has 0 N–H and O–H groups in total. The standard InChI is InChI=1S/C21H21NO4/c1-5-26-21(23)19-13(2)22-16-12-18(25-4)17(24-3)11-15(16)20(19)14-9-7-6-8-10-14/h6-12H,5H2,1-4H3. The molecule has 0 amide bonds. The van der Waals surface area contributed by atoms with Crippen LogP contribution >= 0.6 is 0 Å². The summed E-state index contributed by atoms with van der Waals surface area (Å²) in [6, 6.07) is 13.4. The molecule has 5 nitrogen and oxygen atoms in total. The van der Waals surface area contributed by atoms with E-state index in [1.54, 1.807) is 21.1 Å². The molecule has 1 heterocycles. The van der Waals surface area contributed by atoms with Crippen LogP contribution in [0.5, 0.6) is 11.5 Å². The summed E-state index contributed by atoms with van der Waals surface area (Å²) >= 11 is 0. The lowest BCUT2D eigenvalue weighted by atomic mass is 9.94. The number of fused-ring (bicyclic) bond motifs is 1. The van der Waals surface area contributed by atoms with Gasteiger partial charge in [0.1, 0.15) is 0 Å². The predicted octanol–water partition coefficient (Wildman–Crippen LogP) is 4.40. The van der Waals surface area contributed by atoms with Crippen molar-refractivity contribution in [3.63, 3.8) is 0 Å². The Morgan fingerprint density at radius 2 is 1.69 bits per heavy atom. The maximum atomic E-state index is 12.7. The molecular formula is C21H21NO4. The molecule has 0 unspecified atom stereocenters. The Kier molecular flexibility index (Phi) is 5.07. The molecule has 0 atom stereocenters. The number of rotatable bonds is 5. The number of hydrogen-bond acceptors (Lipinski definition) is 5. The summed E-state index contributed by atoms with van der Waals surface area (Å²) in [5.74, 6) is 0.792. The zero-order chi connectivity index (χ0) is 18.7. The second-order valence-corrected chi connectivity index (χ2v) is 5.76. The molecule has 0 aliphatic heterocycles. The third-order valence-electron chi connectivity index (χ3n) is 4.21. The zero-order valence-electron chi connectivity index (χ0n) is 15.3. The summed E-state index contributed by atoms with van der Waals surface area (Å²) < 4.78 is 16.1. The first-order valence-electron chi connectivity index (χ1n) is 8.39. The van der Waals surface area contributed by atoms with Gasteiger partial charge < -0.3 is 14.2 Å². The van der Waals surface area contributed by atoms with Gasteiger partial charge in [-0.25, -0.2) is 4.79 Å². The van der Waals surface area contributed by atoms with Crippen LogP contribution in [0, 0.1) is 6.92 Å². The van der Waals surface area contributed by atoms with Crippen LogP contribution < -0.4 is 9.47 Å². The van der Waals surface area contributed by atoms with E-state index in [1.165, 1.54) is 0 Å².